The summed E-state index contributed by atoms with van der Waals surface area (Å²) >= 11 is 5.00. The highest BCUT2D eigenvalue weighted by Crippen LogP contribution is 2.18. The predicted molar refractivity (Wildman–Crippen MR) is 84.5 cm³/mol. The standard InChI is InChI=1S/C13H20N2O2S2/c1-3-9-19(16,17)10-8-15(2)12-7-5-4-6-11(12)13(14)18/h4-7H,3,8-10H2,1-2H3,(H2,14,18). The average Bonchev–Trinajstić information content (AvgIpc) is 2.36. The lowest BCUT2D eigenvalue weighted by molar-refractivity contribution is 0.594. The molecule has 0 amide bonds. The zero-order valence-electron chi connectivity index (χ0n) is 11.3. The third-order valence-electron chi connectivity index (χ3n) is 2.83. The van der Waals surface area contributed by atoms with E-state index in [9.17, 15) is 8.42 Å². The summed E-state index contributed by atoms with van der Waals surface area (Å²) in [6.07, 6.45) is 0.648. The van der Waals surface area contributed by atoms with Crippen LogP contribution in [-0.2, 0) is 9.84 Å². The zero-order valence-corrected chi connectivity index (χ0v) is 12.9. The molecule has 0 saturated carbocycles. The van der Waals surface area contributed by atoms with E-state index in [4.69, 9.17) is 18.0 Å². The van der Waals surface area contributed by atoms with E-state index in [-0.39, 0.29) is 11.5 Å². The van der Waals surface area contributed by atoms with E-state index in [1.165, 1.54) is 0 Å². The first-order valence-corrected chi connectivity index (χ1v) is 8.40. The number of nitrogens with zero attached hydrogens (tertiary/aromatic N) is 1. The zero-order chi connectivity index (χ0) is 14.5. The number of benzene rings is 1. The van der Waals surface area contributed by atoms with Crippen LogP contribution in [0.25, 0.3) is 0 Å². The molecule has 1 aromatic carbocycles. The van der Waals surface area contributed by atoms with E-state index in [0.717, 1.165) is 11.3 Å². The molecule has 0 aliphatic carbocycles. The van der Waals surface area contributed by atoms with Gasteiger partial charge in [0.15, 0.2) is 9.84 Å². The van der Waals surface area contributed by atoms with Crippen LogP contribution in [0, 0.1) is 0 Å². The van der Waals surface area contributed by atoms with Crippen molar-refractivity contribution in [1.82, 2.24) is 0 Å². The van der Waals surface area contributed by atoms with E-state index >= 15 is 0 Å². The maximum absolute atomic E-state index is 11.7. The van der Waals surface area contributed by atoms with Crippen molar-refractivity contribution < 1.29 is 8.42 Å². The smallest absolute Gasteiger partial charge is 0.152 e. The minimum Gasteiger partial charge on any atom is -0.389 e. The molecule has 19 heavy (non-hydrogen) atoms. The summed E-state index contributed by atoms with van der Waals surface area (Å²) in [4.78, 5) is 2.20. The van der Waals surface area contributed by atoms with Crippen LogP contribution in [0.3, 0.4) is 0 Å². The van der Waals surface area contributed by atoms with Gasteiger partial charge in [0.2, 0.25) is 0 Å². The molecule has 0 fully saturated rings. The van der Waals surface area contributed by atoms with Gasteiger partial charge in [0.1, 0.15) is 4.99 Å². The van der Waals surface area contributed by atoms with Gasteiger partial charge >= 0.3 is 0 Å². The van der Waals surface area contributed by atoms with Gasteiger partial charge in [-0.2, -0.15) is 0 Å². The maximum Gasteiger partial charge on any atom is 0.152 e. The molecule has 0 aliphatic heterocycles. The Hall–Kier alpha value is -1.14. The number of hydrogen-bond donors (Lipinski definition) is 1. The van der Waals surface area contributed by atoms with Crippen molar-refractivity contribution in [2.45, 2.75) is 13.3 Å². The Bertz CT molecular complexity index is 541. The molecule has 0 unspecified atom stereocenters. The van der Waals surface area contributed by atoms with Crippen molar-refractivity contribution in [3.05, 3.63) is 29.8 Å². The second-order valence-corrected chi connectivity index (χ2v) is 7.20. The van der Waals surface area contributed by atoms with Gasteiger partial charge in [-0.25, -0.2) is 8.42 Å². The van der Waals surface area contributed by atoms with E-state index in [2.05, 4.69) is 0 Å². The summed E-state index contributed by atoms with van der Waals surface area (Å²) in [6.45, 7) is 2.30. The first-order valence-electron chi connectivity index (χ1n) is 6.17. The number of sulfone groups is 1. The van der Waals surface area contributed by atoms with Crippen molar-refractivity contribution in [1.29, 1.82) is 0 Å². The van der Waals surface area contributed by atoms with Gasteiger partial charge in [-0.05, 0) is 18.6 Å². The van der Waals surface area contributed by atoms with Gasteiger partial charge in [-0.15, -0.1) is 0 Å². The molecule has 0 atom stereocenters. The second kappa shape index (κ2) is 6.86. The van der Waals surface area contributed by atoms with Gasteiger partial charge < -0.3 is 10.6 Å². The van der Waals surface area contributed by atoms with Crippen LogP contribution in [-0.4, -0.2) is 38.5 Å². The van der Waals surface area contributed by atoms with E-state index < -0.39 is 9.84 Å². The fourth-order valence-corrected chi connectivity index (χ4v) is 3.38. The van der Waals surface area contributed by atoms with Crippen molar-refractivity contribution in [3.63, 3.8) is 0 Å². The number of nitrogens with two attached hydrogens (primary N) is 1. The number of para-hydroxylation sites is 1. The monoisotopic (exact) mass is 300 g/mol. The molecule has 0 bridgehead atoms. The Morgan fingerprint density at radius 2 is 1.95 bits per heavy atom. The fraction of sp³-hybridized carbons (Fsp3) is 0.462. The van der Waals surface area contributed by atoms with Crippen molar-refractivity contribution in [2.75, 3.05) is 30.0 Å². The SMILES string of the molecule is CCCS(=O)(=O)CCN(C)c1ccccc1C(N)=S. The molecule has 2 N–H and O–H groups in total. The van der Waals surface area contributed by atoms with Gasteiger partial charge in [0, 0.05) is 30.6 Å². The second-order valence-electron chi connectivity index (χ2n) is 4.45. The van der Waals surface area contributed by atoms with Crippen LogP contribution in [0.2, 0.25) is 0 Å². The Balaban J connectivity index is 2.79. The lowest BCUT2D eigenvalue weighted by atomic mass is 10.1. The molecule has 0 aliphatic rings. The molecule has 0 heterocycles. The number of anilines is 1. The van der Waals surface area contributed by atoms with Crippen molar-refractivity contribution >= 4 is 32.7 Å². The highest BCUT2D eigenvalue weighted by Gasteiger charge is 2.13. The highest BCUT2D eigenvalue weighted by molar-refractivity contribution is 7.91. The molecule has 4 nitrogen and oxygen atoms in total. The van der Waals surface area contributed by atoms with Crippen LogP contribution < -0.4 is 10.6 Å². The van der Waals surface area contributed by atoms with Gasteiger partial charge in [-0.1, -0.05) is 31.3 Å². The Kier molecular flexibility index (Phi) is 5.75. The predicted octanol–water partition coefficient (Wildman–Crippen LogP) is 1.58. The van der Waals surface area contributed by atoms with E-state index in [1.807, 2.05) is 43.1 Å². The lowest BCUT2D eigenvalue weighted by Crippen LogP contribution is -2.28. The van der Waals surface area contributed by atoms with E-state index in [0.29, 0.717) is 18.0 Å². The molecule has 106 valence electrons. The molecule has 1 aromatic rings. The van der Waals surface area contributed by atoms with Gasteiger partial charge in [0.05, 0.1) is 5.75 Å². The molecule has 0 aromatic heterocycles. The summed E-state index contributed by atoms with van der Waals surface area (Å²) in [7, 11) is -1.13. The summed E-state index contributed by atoms with van der Waals surface area (Å²) in [5.41, 5.74) is 7.30. The summed E-state index contributed by atoms with van der Waals surface area (Å²) in [5, 5.41) is 0. The summed E-state index contributed by atoms with van der Waals surface area (Å²) in [6, 6.07) is 7.48. The topological polar surface area (TPSA) is 63.4 Å². The van der Waals surface area contributed by atoms with E-state index in [1.54, 1.807) is 0 Å². The van der Waals surface area contributed by atoms with Crippen LogP contribution in [0.1, 0.15) is 18.9 Å². The number of rotatable bonds is 7. The third-order valence-corrected chi connectivity index (χ3v) is 4.89. The highest BCUT2D eigenvalue weighted by atomic mass is 32.2. The lowest BCUT2D eigenvalue weighted by Gasteiger charge is -2.22. The molecule has 6 heteroatoms. The molecule has 0 spiro atoms. The van der Waals surface area contributed by atoms with Crippen LogP contribution in [0.15, 0.2) is 24.3 Å². The Labute approximate surface area is 120 Å². The normalized spacial score (nSPS) is 11.3. The number of thiocarbonyl (C=S) groups is 1. The van der Waals surface area contributed by atoms with Crippen LogP contribution >= 0.6 is 12.2 Å². The third kappa shape index (κ3) is 4.80. The van der Waals surface area contributed by atoms with Gasteiger partial charge in [0.25, 0.3) is 0 Å². The Morgan fingerprint density at radius 3 is 2.53 bits per heavy atom. The minimum atomic E-state index is -2.97. The fourth-order valence-electron chi connectivity index (χ4n) is 1.82. The molecular weight excluding hydrogens is 280 g/mol. The quantitative estimate of drug-likeness (QED) is 0.775. The van der Waals surface area contributed by atoms with Crippen LogP contribution in [0.5, 0.6) is 0 Å². The molecule has 0 saturated heterocycles. The largest absolute Gasteiger partial charge is 0.389 e. The Morgan fingerprint density at radius 1 is 1.32 bits per heavy atom. The minimum absolute atomic E-state index is 0.142. The van der Waals surface area contributed by atoms with Crippen LogP contribution in [0.4, 0.5) is 5.69 Å². The first-order chi connectivity index (χ1) is 8.87. The molecule has 1 rings (SSSR count). The summed E-state index contributed by atoms with van der Waals surface area (Å²) < 4.78 is 23.4. The maximum atomic E-state index is 11.7. The molecule has 0 radical (unpaired) electrons. The number of hydrogen-bond acceptors (Lipinski definition) is 4. The van der Waals surface area contributed by atoms with Crippen molar-refractivity contribution in [2.24, 2.45) is 5.73 Å². The van der Waals surface area contributed by atoms with Crippen molar-refractivity contribution in [3.8, 4) is 0 Å². The average molecular weight is 300 g/mol. The first kappa shape index (κ1) is 15.9. The van der Waals surface area contributed by atoms with Gasteiger partial charge in [-0.3, -0.25) is 0 Å². The summed E-state index contributed by atoms with van der Waals surface area (Å²) in [5.74, 6) is 0.376. The molecular formula is C13H20N2O2S2.